The third-order valence-electron chi connectivity index (χ3n) is 3.56. The Bertz CT molecular complexity index is 404. The van der Waals surface area contributed by atoms with Gasteiger partial charge in [0, 0.05) is 17.8 Å². The third kappa shape index (κ3) is 2.76. The van der Waals surface area contributed by atoms with Gasteiger partial charge in [0.25, 0.3) is 0 Å². The molecule has 1 fully saturated rings. The van der Waals surface area contributed by atoms with Crippen molar-refractivity contribution in [3.63, 3.8) is 0 Å². The summed E-state index contributed by atoms with van der Waals surface area (Å²) >= 11 is 0. The summed E-state index contributed by atoms with van der Waals surface area (Å²) in [5, 5.41) is 22.5. The zero-order valence-corrected chi connectivity index (χ0v) is 10.4. The summed E-state index contributed by atoms with van der Waals surface area (Å²) in [4.78, 5) is 4.30. The number of aryl methyl sites for hydroxylation is 1. The van der Waals surface area contributed by atoms with Gasteiger partial charge in [-0.05, 0) is 44.7 Å². The van der Waals surface area contributed by atoms with E-state index in [1.54, 1.807) is 12.1 Å². The molecule has 0 aromatic carbocycles. The fourth-order valence-electron chi connectivity index (χ4n) is 2.07. The maximum absolute atomic E-state index is 9.69. The van der Waals surface area contributed by atoms with Gasteiger partial charge in [-0.2, -0.15) is 0 Å². The van der Waals surface area contributed by atoms with E-state index in [4.69, 9.17) is 0 Å². The van der Waals surface area contributed by atoms with Gasteiger partial charge in [-0.1, -0.05) is 0 Å². The van der Waals surface area contributed by atoms with Crippen LogP contribution in [-0.2, 0) is 6.54 Å². The molecular formula is C13H20N2O2. The maximum Gasteiger partial charge on any atom is 0.138 e. The van der Waals surface area contributed by atoms with Crippen LogP contribution in [0.5, 0.6) is 5.75 Å². The van der Waals surface area contributed by atoms with E-state index in [9.17, 15) is 10.2 Å². The number of aliphatic hydroxyl groups excluding tert-OH is 1. The van der Waals surface area contributed by atoms with Crippen LogP contribution in [0.1, 0.15) is 31.2 Å². The highest BCUT2D eigenvalue weighted by Crippen LogP contribution is 2.39. The van der Waals surface area contributed by atoms with Gasteiger partial charge in [0.15, 0.2) is 0 Å². The Morgan fingerprint density at radius 3 is 2.76 bits per heavy atom. The van der Waals surface area contributed by atoms with Crippen LogP contribution < -0.4 is 5.32 Å². The fraction of sp³-hybridized carbons (Fsp3) is 0.615. The molecule has 17 heavy (non-hydrogen) atoms. The van der Waals surface area contributed by atoms with Crippen LogP contribution >= 0.6 is 0 Å². The molecule has 1 aromatic heterocycles. The summed E-state index contributed by atoms with van der Waals surface area (Å²) in [7, 11) is 0. The van der Waals surface area contributed by atoms with Gasteiger partial charge in [0.05, 0.1) is 12.3 Å². The SMILES string of the molecule is Cc1ccc(O)c(CNC(C)(CO)C2CC2)n1. The topological polar surface area (TPSA) is 65.4 Å². The van der Waals surface area contributed by atoms with E-state index in [0.717, 1.165) is 18.5 Å². The molecule has 0 aliphatic heterocycles. The van der Waals surface area contributed by atoms with Crippen LogP contribution in [0, 0.1) is 12.8 Å². The van der Waals surface area contributed by atoms with Crippen LogP contribution in [0.15, 0.2) is 12.1 Å². The second-order valence-electron chi connectivity index (χ2n) is 5.12. The van der Waals surface area contributed by atoms with Crippen LogP contribution in [0.2, 0.25) is 0 Å². The first kappa shape index (κ1) is 12.3. The van der Waals surface area contributed by atoms with Gasteiger partial charge in [-0.15, -0.1) is 0 Å². The first-order chi connectivity index (χ1) is 8.05. The van der Waals surface area contributed by atoms with Gasteiger partial charge in [0.2, 0.25) is 0 Å². The van der Waals surface area contributed by atoms with Crippen molar-refractivity contribution >= 4 is 0 Å². The summed E-state index contributed by atoms with van der Waals surface area (Å²) in [6.45, 7) is 4.53. The minimum Gasteiger partial charge on any atom is -0.506 e. The Morgan fingerprint density at radius 1 is 1.47 bits per heavy atom. The molecule has 0 radical (unpaired) electrons. The van der Waals surface area contributed by atoms with Crippen LogP contribution in [-0.4, -0.2) is 27.3 Å². The van der Waals surface area contributed by atoms with Gasteiger partial charge in [-0.3, -0.25) is 4.98 Å². The lowest BCUT2D eigenvalue weighted by atomic mass is 9.97. The van der Waals surface area contributed by atoms with E-state index < -0.39 is 0 Å². The Labute approximate surface area is 102 Å². The maximum atomic E-state index is 9.69. The van der Waals surface area contributed by atoms with E-state index >= 15 is 0 Å². The predicted octanol–water partition coefficient (Wildman–Crippen LogP) is 1.35. The van der Waals surface area contributed by atoms with Crippen molar-refractivity contribution in [1.29, 1.82) is 0 Å². The summed E-state index contributed by atoms with van der Waals surface area (Å²) in [5.74, 6) is 0.749. The van der Waals surface area contributed by atoms with Crippen molar-refractivity contribution < 1.29 is 10.2 Å². The van der Waals surface area contributed by atoms with Gasteiger partial charge in [0.1, 0.15) is 5.75 Å². The molecule has 1 heterocycles. The largest absolute Gasteiger partial charge is 0.506 e. The zero-order valence-electron chi connectivity index (χ0n) is 10.4. The molecule has 94 valence electrons. The molecule has 1 atom stereocenters. The first-order valence-corrected chi connectivity index (χ1v) is 6.06. The molecule has 0 saturated heterocycles. The minimum absolute atomic E-state index is 0.115. The van der Waals surface area contributed by atoms with E-state index in [-0.39, 0.29) is 17.9 Å². The average molecular weight is 236 g/mol. The highest BCUT2D eigenvalue weighted by Gasteiger charge is 2.40. The number of hydrogen-bond donors (Lipinski definition) is 3. The second-order valence-corrected chi connectivity index (χ2v) is 5.12. The van der Waals surface area contributed by atoms with E-state index in [0.29, 0.717) is 18.2 Å². The Hall–Kier alpha value is -1.13. The summed E-state index contributed by atoms with van der Waals surface area (Å²) in [6, 6.07) is 3.44. The Kier molecular flexibility index (Phi) is 3.35. The molecular weight excluding hydrogens is 216 g/mol. The standard InChI is InChI=1S/C13H20N2O2/c1-9-3-6-12(17)11(15-9)7-14-13(2,8-16)10-4-5-10/h3,6,10,14,16-17H,4-5,7-8H2,1-2H3. The number of aromatic hydroxyl groups is 1. The van der Waals surface area contributed by atoms with Gasteiger partial charge >= 0.3 is 0 Å². The lowest BCUT2D eigenvalue weighted by Crippen LogP contribution is -2.47. The normalized spacial score (nSPS) is 19.0. The first-order valence-electron chi connectivity index (χ1n) is 6.06. The summed E-state index contributed by atoms with van der Waals surface area (Å²) < 4.78 is 0. The number of nitrogens with one attached hydrogen (secondary N) is 1. The number of hydrogen-bond acceptors (Lipinski definition) is 4. The molecule has 1 aliphatic rings. The van der Waals surface area contributed by atoms with Crippen LogP contribution in [0.3, 0.4) is 0 Å². The van der Waals surface area contributed by atoms with Crippen LogP contribution in [0.25, 0.3) is 0 Å². The molecule has 0 bridgehead atoms. The number of aliphatic hydroxyl groups is 1. The highest BCUT2D eigenvalue weighted by atomic mass is 16.3. The lowest BCUT2D eigenvalue weighted by molar-refractivity contribution is 0.153. The smallest absolute Gasteiger partial charge is 0.138 e. The number of pyridine rings is 1. The highest BCUT2D eigenvalue weighted by molar-refractivity contribution is 5.27. The van der Waals surface area contributed by atoms with Gasteiger partial charge < -0.3 is 15.5 Å². The van der Waals surface area contributed by atoms with E-state index in [2.05, 4.69) is 10.3 Å². The third-order valence-corrected chi connectivity index (χ3v) is 3.56. The number of nitrogens with zero attached hydrogens (tertiary/aromatic N) is 1. The van der Waals surface area contributed by atoms with Crippen molar-refractivity contribution in [2.24, 2.45) is 5.92 Å². The molecule has 0 spiro atoms. The Balaban J connectivity index is 2.03. The summed E-state index contributed by atoms with van der Waals surface area (Å²) in [5.41, 5.74) is 1.28. The van der Waals surface area contributed by atoms with Crippen molar-refractivity contribution in [3.05, 3.63) is 23.5 Å². The predicted molar refractivity (Wildman–Crippen MR) is 65.7 cm³/mol. The number of aromatic nitrogens is 1. The van der Waals surface area contributed by atoms with E-state index in [1.807, 2.05) is 13.8 Å². The molecule has 4 nitrogen and oxygen atoms in total. The lowest BCUT2D eigenvalue weighted by Gasteiger charge is -2.28. The quantitative estimate of drug-likeness (QED) is 0.722. The molecule has 1 aliphatic carbocycles. The molecule has 1 saturated carbocycles. The van der Waals surface area contributed by atoms with Gasteiger partial charge in [-0.25, -0.2) is 0 Å². The zero-order chi connectivity index (χ0) is 12.5. The number of rotatable bonds is 5. The second kappa shape index (κ2) is 4.63. The van der Waals surface area contributed by atoms with Crippen LogP contribution in [0.4, 0.5) is 0 Å². The van der Waals surface area contributed by atoms with Crippen molar-refractivity contribution in [2.75, 3.05) is 6.61 Å². The monoisotopic (exact) mass is 236 g/mol. The molecule has 2 rings (SSSR count). The molecule has 1 aromatic rings. The fourth-order valence-corrected chi connectivity index (χ4v) is 2.07. The molecule has 4 heteroatoms. The van der Waals surface area contributed by atoms with Crippen molar-refractivity contribution in [2.45, 2.75) is 38.8 Å². The Morgan fingerprint density at radius 2 is 2.18 bits per heavy atom. The van der Waals surface area contributed by atoms with E-state index in [1.165, 1.54) is 0 Å². The minimum atomic E-state index is -0.252. The molecule has 0 amide bonds. The van der Waals surface area contributed by atoms with Crippen molar-refractivity contribution in [3.8, 4) is 5.75 Å². The average Bonchev–Trinajstić information content (AvgIpc) is 3.14. The molecule has 1 unspecified atom stereocenters. The van der Waals surface area contributed by atoms with Crippen molar-refractivity contribution in [1.82, 2.24) is 10.3 Å². The summed E-state index contributed by atoms with van der Waals surface area (Å²) in [6.07, 6.45) is 2.33. The molecule has 3 N–H and O–H groups in total.